The van der Waals surface area contributed by atoms with Gasteiger partial charge in [0.05, 0.1) is 17.0 Å². The minimum absolute atomic E-state index is 0.119. The maximum atomic E-state index is 12.6. The SMILES string of the molecule is CC1(O)CCCN(S(=O)(=O)c2cccc(C#CCN)c2)C1. The number of rotatable bonds is 2. The Morgan fingerprint density at radius 1 is 1.48 bits per heavy atom. The van der Waals surface area contributed by atoms with Gasteiger partial charge in [-0.05, 0) is 38.0 Å². The van der Waals surface area contributed by atoms with Gasteiger partial charge < -0.3 is 10.8 Å². The highest BCUT2D eigenvalue weighted by Gasteiger charge is 2.35. The van der Waals surface area contributed by atoms with E-state index in [9.17, 15) is 13.5 Å². The summed E-state index contributed by atoms with van der Waals surface area (Å²) in [6, 6.07) is 6.50. The standard InChI is InChI=1S/C15H20N2O3S/c1-15(18)8-4-10-17(12-15)21(19,20)14-7-2-5-13(11-14)6-3-9-16/h2,5,7,11,18H,4,8-10,12,16H2,1H3. The van der Waals surface area contributed by atoms with Crippen LogP contribution in [0.2, 0.25) is 0 Å². The fourth-order valence-electron chi connectivity index (χ4n) is 2.42. The average molecular weight is 308 g/mol. The molecule has 2 rings (SSSR count). The van der Waals surface area contributed by atoms with E-state index >= 15 is 0 Å². The van der Waals surface area contributed by atoms with E-state index in [1.165, 1.54) is 4.31 Å². The molecule has 1 aliphatic heterocycles. The summed E-state index contributed by atoms with van der Waals surface area (Å²) < 4.78 is 26.6. The lowest BCUT2D eigenvalue weighted by Crippen LogP contribution is -2.48. The number of nitrogens with zero attached hydrogens (tertiary/aromatic N) is 1. The Morgan fingerprint density at radius 3 is 2.90 bits per heavy atom. The summed E-state index contributed by atoms with van der Waals surface area (Å²) in [5.74, 6) is 5.53. The highest BCUT2D eigenvalue weighted by atomic mass is 32.2. The molecule has 0 saturated carbocycles. The molecule has 0 spiro atoms. The van der Waals surface area contributed by atoms with Crippen molar-refractivity contribution >= 4 is 10.0 Å². The number of β-amino-alcohol motifs (C(OH)–C–C–N with tert-alkyl or cyclic N) is 1. The zero-order valence-corrected chi connectivity index (χ0v) is 12.9. The number of nitrogens with two attached hydrogens (primary N) is 1. The monoisotopic (exact) mass is 308 g/mol. The maximum Gasteiger partial charge on any atom is 0.243 e. The largest absolute Gasteiger partial charge is 0.389 e. The van der Waals surface area contributed by atoms with Gasteiger partial charge in [0.15, 0.2) is 0 Å². The van der Waals surface area contributed by atoms with Crippen molar-refractivity contribution < 1.29 is 13.5 Å². The molecule has 1 atom stereocenters. The minimum atomic E-state index is -3.61. The highest BCUT2D eigenvalue weighted by molar-refractivity contribution is 7.89. The number of piperidine rings is 1. The molecule has 0 aliphatic carbocycles. The van der Waals surface area contributed by atoms with E-state index in [2.05, 4.69) is 11.8 Å². The predicted octanol–water partition coefficient (Wildman–Crippen LogP) is 0.532. The van der Waals surface area contributed by atoms with E-state index in [-0.39, 0.29) is 18.0 Å². The molecule has 1 saturated heterocycles. The van der Waals surface area contributed by atoms with Gasteiger partial charge in [-0.3, -0.25) is 0 Å². The Morgan fingerprint density at radius 2 is 2.24 bits per heavy atom. The van der Waals surface area contributed by atoms with Crippen molar-refractivity contribution in [1.82, 2.24) is 4.31 Å². The fraction of sp³-hybridized carbons (Fsp3) is 0.467. The summed E-state index contributed by atoms with van der Waals surface area (Å²) in [4.78, 5) is 0.198. The van der Waals surface area contributed by atoms with Gasteiger partial charge in [0, 0.05) is 18.7 Å². The van der Waals surface area contributed by atoms with Crippen molar-refractivity contribution in [2.45, 2.75) is 30.3 Å². The Labute approximate surface area is 125 Å². The van der Waals surface area contributed by atoms with E-state index in [1.54, 1.807) is 31.2 Å². The van der Waals surface area contributed by atoms with Crippen LogP contribution in [0.4, 0.5) is 0 Å². The minimum Gasteiger partial charge on any atom is -0.389 e. The lowest BCUT2D eigenvalue weighted by Gasteiger charge is -2.35. The Balaban J connectivity index is 2.31. The molecule has 1 aromatic rings. The van der Waals surface area contributed by atoms with E-state index in [0.29, 0.717) is 24.9 Å². The third kappa shape index (κ3) is 3.83. The van der Waals surface area contributed by atoms with Crippen molar-refractivity contribution in [3.05, 3.63) is 29.8 Å². The Hall–Kier alpha value is -1.39. The molecule has 1 unspecified atom stereocenters. The molecular weight excluding hydrogens is 288 g/mol. The van der Waals surface area contributed by atoms with Gasteiger partial charge in [-0.25, -0.2) is 8.42 Å². The molecule has 1 aromatic carbocycles. The van der Waals surface area contributed by atoms with E-state index in [0.717, 1.165) is 0 Å². The second-order valence-electron chi connectivity index (χ2n) is 5.47. The first-order chi connectivity index (χ1) is 9.85. The highest BCUT2D eigenvalue weighted by Crippen LogP contribution is 2.26. The van der Waals surface area contributed by atoms with Gasteiger partial charge in [-0.2, -0.15) is 4.31 Å². The number of hydrogen-bond acceptors (Lipinski definition) is 4. The summed E-state index contributed by atoms with van der Waals surface area (Å²) in [6.07, 6.45) is 1.26. The van der Waals surface area contributed by atoms with E-state index < -0.39 is 15.6 Å². The van der Waals surface area contributed by atoms with Gasteiger partial charge >= 0.3 is 0 Å². The third-order valence-corrected chi connectivity index (χ3v) is 5.29. The van der Waals surface area contributed by atoms with Crippen LogP contribution in [0.1, 0.15) is 25.3 Å². The molecule has 0 radical (unpaired) electrons. The molecule has 1 fully saturated rings. The first-order valence-corrected chi connectivity index (χ1v) is 8.31. The number of sulfonamides is 1. The summed E-state index contributed by atoms with van der Waals surface area (Å²) >= 11 is 0. The quantitative estimate of drug-likeness (QED) is 0.781. The number of aliphatic hydroxyl groups is 1. The van der Waals surface area contributed by atoms with Gasteiger partial charge in [0.1, 0.15) is 0 Å². The van der Waals surface area contributed by atoms with Crippen molar-refractivity contribution in [1.29, 1.82) is 0 Å². The second-order valence-corrected chi connectivity index (χ2v) is 7.41. The van der Waals surface area contributed by atoms with Crippen LogP contribution < -0.4 is 5.73 Å². The summed E-state index contributed by atoms with van der Waals surface area (Å²) in [5.41, 5.74) is 4.97. The number of hydrogen-bond donors (Lipinski definition) is 2. The van der Waals surface area contributed by atoms with E-state index in [1.807, 2.05) is 0 Å². The zero-order chi connectivity index (χ0) is 15.5. The van der Waals surface area contributed by atoms with Crippen LogP contribution in [0.15, 0.2) is 29.2 Å². The first-order valence-electron chi connectivity index (χ1n) is 6.87. The van der Waals surface area contributed by atoms with Crippen LogP contribution in [0.5, 0.6) is 0 Å². The van der Waals surface area contributed by atoms with E-state index in [4.69, 9.17) is 5.73 Å². The second kappa shape index (κ2) is 6.16. The van der Waals surface area contributed by atoms with Gasteiger partial charge in [0.25, 0.3) is 0 Å². The van der Waals surface area contributed by atoms with Crippen molar-refractivity contribution in [2.24, 2.45) is 5.73 Å². The average Bonchev–Trinajstić information content (AvgIpc) is 2.44. The van der Waals surface area contributed by atoms with Crippen LogP contribution in [0.3, 0.4) is 0 Å². The molecule has 21 heavy (non-hydrogen) atoms. The van der Waals surface area contributed by atoms with Crippen molar-refractivity contribution in [3.63, 3.8) is 0 Å². The molecule has 6 heteroatoms. The maximum absolute atomic E-state index is 12.6. The molecule has 0 bridgehead atoms. The molecule has 0 amide bonds. The lowest BCUT2D eigenvalue weighted by atomic mass is 9.97. The van der Waals surface area contributed by atoms with Crippen molar-refractivity contribution in [3.8, 4) is 11.8 Å². The first kappa shape index (κ1) is 16.0. The normalized spacial score (nSPS) is 23.4. The topological polar surface area (TPSA) is 83.6 Å². The molecule has 1 heterocycles. The lowest BCUT2D eigenvalue weighted by molar-refractivity contribution is 0.00940. The van der Waals surface area contributed by atoms with Gasteiger partial charge in [-0.15, -0.1) is 0 Å². The van der Waals surface area contributed by atoms with Crippen LogP contribution in [0, 0.1) is 11.8 Å². The Bertz CT molecular complexity index is 672. The smallest absolute Gasteiger partial charge is 0.243 e. The fourth-order valence-corrected chi connectivity index (χ4v) is 4.06. The number of benzene rings is 1. The molecule has 5 nitrogen and oxygen atoms in total. The van der Waals surface area contributed by atoms with Crippen LogP contribution >= 0.6 is 0 Å². The predicted molar refractivity (Wildman–Crippen MR) is 81.0 cm³/mol. The van der Waals surface area contributed by atoms with Gasteiger partial charge in [0.2, 0.25) is 10.0 Å². The zero-order valence-electron chi connectivity index (χ0n) is 12.0. The summed E-state index contributed by atoms with van der Waals surface area (Å²) in [7, 11) is -3.61. The Kier molecular flexibility index (Phi) is 4.69. The van der Waals surface area contributed by atoms with Gasteiger partial charge in [-0.1, -0.05) is 17.9 Å². The summed E-state index contributed by atoms with van der Waals surface area (Å²) in [5, 5.41) is 10.1. The summed E-state index contributed by atoms with van der Waals surface area (Å²) in [6.45, 7) is 2.44. The van der Waals surface area contributed by atoms with Crippen LogP contribution in [-0.2, 0) is 10.0 Å². The molecule has 0 aromatic heterocycles. The molecule has 1 aliphatic rings. The van der Waals surface area contributed by atoms with Crippen molar-refractivity contribution in [2.75, 3.05) is 19.6 Å². The van der Waals surface area contributed by atoms with Crippen LogP contribution in [-0.4, -0.2) is 43.1 Å². The molecule has 114 valence electrons. The molecular formula is C15H20N2O3S. The third-order valence-electron chi connectivity index (χ3n) is 3.45. The molecule has 3 N–H and O–H groups in total. The van der Waals surface area contributed by atoms with Crippen LogP contribution in [0.25, 0.3) is 0 Å².